The number of aliphatic hydroxyl groups excluding tert-OH is 1. The van der Waals surface area contributed by atoms with Crippen LogP contribution in [0.4, 0.5) is 5.69 Å². The largest absolute Gasteiger partial charge is 0.393 e. The number of aromatic nitrogens is 1. The molecule has 0 bridgehead atoms. The van der Waals surface area contributed by atoms with Gasteiger partial charge in [-0.15, -0.1) is 0 Å². The summed E-state index contributed by atoms with van der Waals surface area (Å²) in [6.07, 6.45) is 17.6. The Morgan fingerprint density at radius 2 is 1.92 bits per heavy atom. The van der Waals surface area contributed by atoms with E-state index in [0.29, 0.717) is 29.1 Å². The molecule has 1 aromatic heterocycles. The Balaban J connectivity index is 1.04. The second kappa shape index (κ2) is 10.3. The predicted octanol–water partition coefficient (Wildman–Crippen LogP) is 6.09. The molecular weight excluding hydrogens is 470 g/mol. The topological polar surface area (TPSA) is 56.7 Å². The van der Waals surface area contributed by atoms with Crippen LogP contribution in [0.5, 0.6) is 0 Å². The van der Waals surface area contributed by atoms with E-state index in [4.69, 9.17) is 0 Å². The summed E-state index contributed by atoms with van der Waals surface area (Å²) in [5.41, 5.74) is 3.48. The van der Waals surface area contributed by atoms with Gasteiger partial charge in [-0.25, -0.2) is 0 Å². The van der Waals surface area contributed by atoms with Crippen molar-refractivity contribution < 1.29 is 9.90 Å². The minimum absolute atomic E-state index is 0.121. The number of carbonyl (C=O) groups excluding carboxylic acids is 1. The molecule has 6 rings (SSSR count). The van der Waals surface area contributed by atoms with Crippen molar-refractivity contribution in [2.75, 3.05) is 31.1 Å². The lowest BCUT2D eigenvalue weighted by Gasteiger charge is -2.58. The summed E-state index contributed by atoms with van der Waals surface area (Å²) in [5, 5.41) is 10.3. The van der Waals surface area contributed by atoms with Gasteiger partial charge in [0.05, 0.1) is 18.0 Å². The Kier molecular flexibility index (Phi) is 7.12. The first-order chi connectivity index (χ1) is 18.3. The van der Waals surface area contributed by atoms with E-state index in [9.17, 15) is 9.90 Å². The van der Waals surface area contributed by atoms with E-state index in [2.05, 4.69) is 47.7 Å². The molecule has 4 aliphatic carbocycles. The third-order valence-electron chi connectivity index (χ3n) is 12.3. The molecule has 38 heavy (non-hydrogen) atoms. The van der Waals surface area contributed by atoms with Crippen molar-refractivity contribution >= 4 is 11.6 Å². The number of nitrogens with zero attached hydrogens (tertiary/aromatic N) is 3. The highest BCUT2D eigenvalue weighted by molar-refractivity contribution is 5.76. The molecule has 1 N–H and O–H groups in total. The maximum Gasteiger partial charge on any atom is 0.222 e. The molecule has 1 saturated heterocycles. The minimum Gasteiger partial charge on any atom is -0.393 e. The van der Waals surface area contributed by atoms with Gasteiger partial charge in [0.2, 0.25) is 5.91 Å². The van der Waals surface area contributed by atoms with Crippen molar-refractivity contribution in [2.24, 2.45) is 40.4 Å². The molecule has 208 valence electrons. The van der Waals surface area contributed by atoms with E-state index in [-0.39, 0.29) is 6.10 Å². The molecule has 0 radical (unpaired) electrons. The van der Waals surface area contributed by atoms with Crippen LogP contribution < -0.4 is 4.90 Å². The molecule has 1 unspecified atom stereocenters. The van der Waals surface area contributed by atoms with Gasteiger partial charge >= 0.3 is 0 Å². The summed E-state index contributed by atoms with van der Waals surface area (Å²) in [7, 11) is 0. The molecule has 5 heteroatoms. The molecule has 2 heterocycles. The van der Waals surface area contributed by atoms with E-state index in [1.807, 2.05) is 18.5 Å². The van der Waals surface area contributed by atoms with E-state index < -0.39 is 0 Å². The number of carbonyl (C=O) groups is 1. The molecule has 1 amide bonds. The maximum atomic E-state index is 13.2. The first-order valence-corrected chi connectivity index (χ1v) is 15.6. The fourth-order valence-corrected chi connectivity index (χ4v) is 10.1. The monoisotopic (exact) mass is 519 g/mol. The molecule has 1 aliphatic heterocycles. The Morgan fingerprint density at radius 1 is 1.11 bits per heavy atom. The molecule has 1 aromatic rings. The van der Waals surface area contributed by atoms with Gasteiger partial charge in [0.1, 0.15) is 0 Å². The van der Waals surface area contributed by atoms with Gasteiger partial charge in [0, 0.05) is 38.8 Å². The first kappa shape index (κ1) is 26.3. The third kappa shape index (κ3) is 4.51. The van der Waals surface area contributed by atoms with Crippen LogP contribution in [0.2, 0.25) is 0 Å². The van der Waals surface area contributed by atoms with Crippen LogP contribution in [0.25, 0.3) is 0 Å². The third-order valence-corrected chi connectivity index (χ3v) is 12.3. The van der Waals surface area contributed by atoms with Gasteiger partial charge in [0.25, 0.3) is 0 Å². The number of pyridine rings is 1. The van der Waals surface area contributed by atoms with Crippen molar-refractivity contribution in [3.63, 3.8) is 0 Å². The summed E-state index contributed by atoms with van der Waals surface area (Å²) in [6.45, 7) is 11.0. The van der Waals surface area contributed by atoms with Crippen molar-refractivity contribution in [3.05, 3.63) is 36.2 Å². The van der Waals surface area contributed by atoms with Crippen LogP contribution in [-0.2, 0) is 4.79 Å². The minimum atomic E-state index is -0.121. The van der Waals surface area contributed by atoms with Crippen LogP contribution in [0.15, 0.2) is 36.2 Å². The zero-order valence-corrected chi connectivity index (χ0v) is 23.9. The number of anilines is 1. The molecule has 3 saturated carbocycles. The average Bonchev–Trinajstić information content (AvgIpc) is 3.30. The normalized spacial score (nSPS) is 39.6. The van der Waals surface area contributed by atoms with Crippen LogP contribution in [-0.4, -0.2) is 53.2 Å². The van der Waals surface area contributed by atoms with Crippen molar-refractivity contribution in [2.45, 2.75) is 91.1 Å². The summed E-state index contributed by atoms with van der Waals surface area (Å²) >= 11 is 0. The summed E-state index contributed by atoms with van der Waals surface area (Å²) in [5.74, 6) is 4.14. The molecule has 4 fully saturated rings. The van der Waals surface area contributed by atoms with E-state index in [1.54, 1.807) is 5.57 Å². The predicted molar refractivity (Wildman–Crippen MR) is 153 cm³/mol. The van der Waals surface area contributed by atoms with Gasteiger partial charge in [-0.2, -0.15) is 0 Å². The van der Waals surface area contributed by atoms with Gasteiger partial charge in [-0.1, -0.05) is 32.4 Å². The highest BCUT2D eigenvalue weighted by Crippen LogP contribution is 2.67. The molecule has 0 aromatic carbocycles. The SMILES string of the molecule is CC(CCC(=O)N1CCN(c2cccnc2)CC1)[C@H]1CC[C@H]2[C@@H]3CC=C4C[C@@H](O)CC[C@]4(C)[C@H]3CC[C@]12C. The van der Waals surface area contributed by atoms with Crippen LogP contribution >= 0.6 is 0 Å². The van der Waals surface area contributed by atoms with Crippen molar-refractivity contribution in [1.82, 2.24) is 9.88 Å². The van der Waals surface area contributed by atoms with Crippen molar-refractivity contribution in [1.29, 1.82) is 0 Å². The van der Waals surface area contributed by atoms with Gasteiger partial charge in [-0.3, -0.25) is 9.78 Å². The fraction of sp³-hybridized carbons (Fsp3) is 0.758. The number of allylic oxidation sites excluding steroid dienone is 1. The van der Waals surface area contributed by atoms with Gasteiger partial charge < -0.3 is 14.9 Å². The summed E-state index contributed by atoms with van der Waals surface area (Å²) in [4.78, 5) is 21.9. The van der Waals surface area contributed by atoms with Gasteiger partial charge in [-0.05, 0) is 110 Å². The van der Waals surface area contributed by atoms with E-state index in [0.717, 1.165) is 74.8 Å². The quantitative estimate of drug-likeness (QED) is 0.479. The Morgan fingerprint density at radius 3 is 2.68 bits per heavy atom. The Hall–Kier alpha value is -1.88. The summed E-state index contributed by atoms with van der Waals surface area (Å²) in [6, 6.07) is 4.09. The lowest BCUT2D eigenvalue weighted by molar-refractivity contribution is -0.132. The van der Waals surface area contributed by atoms with Gasteiger partial charge in [0.15, 0.2) is 0 Å². The van der Waals surface area contributed by atoms with Crippen LogP contribution in [0.1, 0.15) is 85.0 Å². The van der Waals surface area contributed by atoms with E-state index >= 15 is 0 Å². The Labute approximate surface area is 230 Å². The zero-order valence-electron chi connectivity index (χ0n) is 23.9. The number of hydrogen-bond donors (Lipinski definition) is 1. The highest BCUT2D eigenvalue weighted by Gasteiger charge is 2.59. The second-order valence-corrected chi connectivity index (χ2v) is 14.0. The molecule has 5 nitrogen and oxygen atoms in total. The molecule has 8 atom stereocenters. The fourth-order valence-electron chi connectivity index (χ4n) is 10.1. The lowest BCUT2D eigenvalue weighted by Crippen LogP contribution is -2.51. The lowest BCUT2D eigenvalue weighted by atomic mass is 9.47. The number of amides is 1. The molecule has 5 aliphatic rings. The standard InChI is InChI=1S/C33H49N3O2/c1-23(6-11-31(38)36-19-17-35(18-20-36)25-5-4-16-34-22-25)28-9-10-29-27-8-7-24-21-26(37)12-14-32(24,2)30(27)13-15-33(28,29)3/h4-5,7,16,22-23,26-30,37H,6,8-15,17-21H2,1-3H3/t23?,26-,27-,28+,29-,30-,32-,33+/m0/s1. The molecular formula is C33H49N3O2. The van der Waals surface area contributed by atoms with Crippen molar-refractivity contribution in [3.8, 4) is 0 Å². The second-order valence-electron chi connectivity index (χ2n) is 14.0. The number of piperazine rings is 1. The van der Waals surface area contributed by atoms with Crippen LogP contribution in [0, 0.1) is 40.4 Å². The number of aliphatic hydroxyl groups is 1. The number of hydrogen-bond acceptors (Lipinski definition) is 4. The zero-order chi connectivity index (χ0) is 26.5. The first-order valence-electron chi connectivity index (χ1n) is 15.6. The maximum absolute atomic E-state index is 13.2. The molecule has 0 spiro atoms. The number of fused-ring (bicyclic) bond motifs is 5. The average molecular weight is 520 g/mol. The Bertz CT molecular complexity index is 1030. The number of rotatable bonds is 5. The van der Waals surface area contributed by atoms with E-state index in [1.165, 1.54) is 38.5 Å². The summed E-state index contributed by atoms with van der Waals surface area (Å²) < 4.78 is 0. The highest BCUT2D eigenvalue weighted by atomic mass is 16.3. The smallest absolute Gasteiger partial charge is 0.222 e. The van der Waals surface area contributed by atoms with Crippen LogP contribution in [0.3, 0.4) is 0 Å².